The minimum absolute atomic E-state index is 0.0134. The molecule has 4 N–H and O–H groups in total. The average Bonchev–Trinajstić information content (AvgIpc) is 3.73. The lowest BCUT2D eigenvalue weighted by molar-refractivity contribution is -0.158. The van der Waals surface area contributed by atoms with Gasteiger partial charge in [-0.2, -0.15) is 0 Å². The number of carboxylic acids is 1. The van der Waals surface area contributed by atoms with Gasteiger partial charge in [-0.15, -0.1) is 16.9 Å². The number of rotatable bonds is 8. The number of carbonyl (C=O) groups is 4. The molecule has 0 radical (unpaired) electrons. The first-order valence-electron chi connectivity index (χ1n) is 14.4. The summed E-state index contributed by atoms with van der Waals surface area (Å²) in [5.41, 5.74) is -0.0519. The first-order chi connectivity index (χ1) is 19.7. The van der Waals surface area contributed by atoms with Gasteiger partial charge in [-0.25, -0.2) is 9.48 Å². The standard InChI is InChI=1S/C26H37N9O5S/c1-14-20-19(15(2)30-18(36)11-33-13-29-31-32-33)24(38)35(20)21(25(39)40)22(14)41-16-9-17(28-10-16)23(37)34-8-4-6-26(34)5-3-7-27-12-26/h13-17,19-20,27-28H,3-12H2,1-2H3,(H,30,36)(H,39,40)/t14?,15?,16-,17-,19+,20+,26?/m0/s1. The topological polar surface area (TPSA) is 175 Å². The summed E-state index contributed by atoms with van der Waals surface area (Å²) in [5, 5.41) is 30.6. The van der Waals surface area contributed by atoms with E-state index in [2.05, 4.69) is 36.4 Å². The van der Waals surface area contributed by atoms with E-state index in [-0.39, 0.29) is 58.8 Å². The maximum atomic E-state index is 13.6. The molecule has 4 saturated heterocycles. The molecule has 6 rings (SSSR count). The molecule has 6 heterocycles. The number of β-lactam (4-membered cyclic amide) rings is 1. The van der Waals surface area contributed by atoms with Crippen molar-refractivity contribution in [2.45, 2.75) is 81.4 Å². The molecule has 41 heavy (non-hydrogen) atoms. The Balaban J connectivity index is 1.10. The highest BCUT2D eigenvalue weighted by Crippen LogP contribution is 2.52. The number of hydrogen-bond donors (Lipinski definition) is 4. The van der Waals surface area contributed by atoms with E-state index in [1.54, 1.807) is 6.92 Å². The van der Waals surface area contributed by atoms with Gasteiger partial charge in [0.25, 0.3) is 0 Å². The highest BCUT2D eigenvalue weighted by atomic mass is 32.2. The number of nitrogens with one attached hydrogen (secondary N) is 3. The van der Waals surface area contributed by atoms with Gasteiger partial charge >= 0.3 is 5.97 Å². The first-order valence-corrected chi connectivity index (χ1v) is 15.3. The van der Waals surface area contributed by atoms with Crippen LogP contribution in [0.4, 0.5) is 0 Å². The van der Waals surface area contributed by atoms with Crippen molar-refractivity contribution in [1.82, 2.24) is 46.0 Å². The molecule has 1 aromatic rings. The fourth-order valence-corrected chi connectivity index (χ4v) is 8.99. The number of likely N-dealkylation sites (tertiary alicyclic amines) is 1. The fourth-order valence-electron chi connectivity index (χ4n) is 7.51. The van der Waals surface area contributed by atoms with Gasteiger partial charge in [-0.1, -0.05) is 6.92 Å². The molecule has 7 atom stereocenters. The Labute approximate surface area is 242 Å². The van der Waals surface area contributed by atoms with Crippen molar-refractivity contribution in [2.24, 2.45) is 11.8 Å². The van der Waals surface area contributed by atoms with Gasteiger partial charge in [-0.05, 0) is 56.0 Å². The van der Waals surface area contributed by atoms with E-state index in [9.17, 15) is 24.3 Å². The van der Waals surface area contributed by atoms with Crippen molar-refractivity contribution in [3.8, 4) is 0 Å². The molecule has 0 aromatic carbocycles. The van der Waals surface area contributed by atoms with Crippen LogP contribution >= 0.6 is 11.8 Å². The van der Waals surface area contributed by atoms with Crippen LogP contribution in [0.15, 0.2) is 16.9 Å². The Morgan fingerprint density at radius 1 is 1.29 bits per heavy atom. The van der Waals surface area contributed by atoms with Crippen molar-refractivity contribution < 1.29 is 24.3 Å². The molecule has 15 heteroatoms. The third-order valence-corrected chi connectivity index (χ3v) is 10.9. The summed E-state index contributed by atoms with van der Waals surface area (Å²) >= 11 is 1.48. The third kappa shape index (κ3) is 4.91. The lowest BCUT2D eigenvalue weighted by Crippen LogP contribution is -2.66. The van der Waals surface area contributed by atoms with E-state index >= 15 is 0 Å². The first kappa shape index (κ1) is 28.1. The molecule has 222 valence electrons. The molecule has 3 unspecified atom stereocenters. The number of thioether (sulfide) groups is 1. The predicted octanol–water partition coefficient (Wildman–Crippen LogP) is -0.841. The normalized spacial score (nSPS) is 33.7. The molecule has 0 aliphatic carbocycles. The molecule has 5 aliphatic heterocycles. The van der Waals surface area contributed by atoms with Crippen molar-refractivity contribution in [1.29, 1.82) is 0 Å². The highest BCUT2D eigenvalue weighted by molar-refractivity contribution is 8.03. The van der Waals surface area contributed by atoms with E-state index < -0.39 is 17.9 Å². The van der Waals surface area contributed by atoms with Crippen molar-refractivity contribution >= 4 is 35.5 Å². The number of nitrogens with zero attached hydrogens (tertiary/aromatic N) is 6. The lowest BCUT2D eigenvalue weighted by Gasteiger charge is -2.47. The number of aliphatic carboxylic acids is 1. The number of amides is 3. The van der Waals surface area contributed by atoms with E-state index in [0.29, 0.717) is 17.9 Å². The zero-order valence-electron chi connectivity index (χ0n) is 23.3. The van der Waals surface area contributed by atoms with E-state index in [1.807, 2.05) is 6.92 Å². The SMILES string of the molecule is CC(NC(=O)Cn1cnnn1)[C@H]1C(=O)N2C(C(=O)O)=C(S[C@@H]3CN[C@H](C(=O)N4CCCC45CCCNC5)C3)C(C)[C@H]12. The second-order valence-corrected chi connectivity index (χ2v) is 13.3. The van der Waals surface area contributed by atoms with Crippen molar-refractivity contribution in [2.75, 3.05) is 26.2 Å². The number of hydrogen-bond acceptors (Lipinski definition) is 10. The smallest absolute Gasteiger partial charge is 0.353 e. The molecular weight excluding hydrogens is 550 g/mol. The van der Waals surface area contributed by atoms with E-state index in [0.717, 1.165) is 45.3 Å². The molecule has 0 bridgehead atoms. The Morgan fingerprint density at radius 3 is 2.80 bits per heavy atom. The quantitative estimate of drug-likeness (QED) is 0.279. The van der Waals surface area contributed by atoms with Crippen molar-refractivity contribution in [3.63, 3.8) is 0 Å². The number of carboxylic acid groups (broad SMARTS) is 1. The van der Waals surface area contributed by atoms with Crippen LogP contribution in [-0.4, -0.2) is 114 Å². The number of tetrazole rings is 1. The van der Waals surface area contributed by atoms with Crippen LogP contribution in [0.2, 0.25) is 0 Å². The zero-order valence-corrected chi connectivity index (χ0v) is 24.1. The largest absolute Gasteiger partial charge is 0.477 e. The molecule has 3 amide bonds. The van der Waals surface area contributed by atoms with Gasteiger partial charge in [0.2, 0.25) is 17.7 Å². The molecule has 1 spiro atoms. The summed E-state index contributed by atoms with van der Waals surface area (Å²) in [6.07, 6.45) is 6.10. The summed E-state index contributed by atoms with van der Waals surface area (Å²) in [7, 11) is 0. The Kier molecular flexibility index (Phi) is 7.53. The summed E-state index contributed by atoms with van der Waals surface area (Å²) in [6.45, 7) is 6.85. The average molecular weight is 588 g/mol. The molecular formula is C26H37N9O5S. The molecule has 14 nitrogen and oxygen atoms in total. The lowest BCUT2D eigenvalue weighted by atomic mass is 9.78. The maximum Gasteiger partial charge on any atom is 0.353 e. The molecule has 4 fully saturated rings. The molecule has 5 aliphatic rings. The molecule has 1 aromatic heterocycles. The van der Waals surface area contributed by atoms with Gasteiger partial charge in [0.1, 0.15) is 18.6 Å². The summed E-state index contributed by atoms with van der Waals surface area (Å²) in [6, 6.07) is -1.14. The zero-order chi connectivity index (χ0) is 28.9. The second-order valence-electron chi connectivity index (χ2n) is 11.9. The third-order valence-electron chi connectivity index (χ3n) is 9.41. The summed E-state index contributed by atoms with van der Waals surface area (Å²) in [5.74, 6) is -2.38. The second kappa shape index (κ2) is 11.0. The Hall–Kier alpha value is -3.04. The summed E-state index contributed by atoms with van der Waals surface area (Å²) < 4.78 is 1.29. The van der Waals surface area contributed by atoms with Gasteiger partial charge in [0, 0.05) is 41.7 Å². The Morgan fingerprint density at radius 2 is 2.10 bits per heavy atom. The number of fused-ring (bicyclic) bond motifs is 1. The minimum Gasteiger partial charge on any atom is -0.477 e. The van der Waals surface area contributed by atoms with E-state index in [1.165, 1.54) is 27.7 Å². The Bertz CT molecular complexity index is 1250. The van der Waals surface area contributed by atoms with Crippen LogP contribution in [-0.2, 0) is 25.7 Å². The van der Waals surface area contributed by atoms with Crippen LogP contribution < -0.4 is 16.0 Å². The van der Waals surface area contributed by atoms with E-state index in [4.69, 9.17) is 0 Å². The van der Waals surface area contributed by atoms with Gasteiger partial charge in [-0.3, -0.25) is 14.4 Å². The monoisotopic (exact) mass is 587 g/mol. The van der Waals surface area contributed by atoms with Crippen molar-refractivity contribution in [3.05, 3.63) is 16.9 Å². The fraction of sp³-hybridized carbons (Fsp3) is 0.731. The highest BCUT2D eigenvalue weighted by Gasteiger charge is 2.60. The van der Waals surface area contributed by atoms with Gasteiger partial charge in [0.05, 0.1) is 23.5 Å². The maximum absolute atomic E-state index is 13.6. The van der Waals surface area contributed by atoms with Gasteiger partial charge in [0.15, 0.2) is 0 Å². The van der Waals surface area contributed by atoms with Gasteiger partial charge < -0.3 is 30.9 Å². The number of carbonyl (C=O) groups excluding carboxylic acids is 3. The number of piperidine rings is 1. The van der Waals surface area contributed by atoms with Crippen LogP contribution in [0.5, 0.6) is 0 Å². The van der Waals surface area contributed by atoms with Crippen LogP contribution in [0, 0.1) is 11.8 Å². The molecule has 0 saturated carbocycles. The number of aromatic nitrogens is 4. The van der Waals surface area contributed by atoms with Crippen LogP contribution in [0.3, 0.4) is 0 Å². The minimum atomic E-state index is -1.13. The predicted molar refractivity (Wildman–Crippen MR) is 147 cm³/mol. The van der Waals surface area contributed by atoms with Crippen LogP contribution in [0.25, 0.3) is 0 Å². The summed E-state index contributed by atoms with van der Waals surface area (Å²) in [4.78, 5) is 55.9. The van der Waals surface area contributed by atoms with Crippen LogP contribution in [0.1, 0.15) is 46.0 Å².